The minimum atomic E-state index is -0.645. The predicted molar refractivity (Wildman–Crippen MR) is 83.3 cm³/mol. The zero-order valence-corrected chi connectivity index (χ0v) is 13.4. The highest BCUT2D eigenvalue weighted by Crippen LogP contribution is 2.22. The molecular weight excluding hydrogens is 316 g/mol. The lowest BCUT2D eigenvalue weighted by Crippen LogP contribution is -2.29. The third kappa shape index (κ3) is 3.17. The van der Waals surface area contributed by atoms with Crippen LogP contribution in [0.1, 0.15) is 13.3 Å². The summed E-state index contributed by atoms with van der Waals surface area (Å²) in [5.74, 6) is 0.516. The number of aromatic amines is 1. The Morgan fingerprint density at radius 1 is 1.48 bits per heavy atom. The number of nitrogens with one attached hydrogen (secondary N) is 1. The molecule has 2 heterocycles. The van der Waals surface area contributed by atoms with Gasteiger partial charge in [-0.05, 0) is 6.42 Å². The fourth-order valence-electron chi connectivity index (χ4n) is 1.97. The Bertz CT molecular complexity index is 751. The maximum atomic E-state index is 12.0. The number of aliphatic hydroxyl groups is 1. The summed E-state index contributed by atoms with van der Waals surface area (Å²) in [6.45, 7) is 2.60. The van der Waals surface area contributed by atoms with E-state index < -0.39 is 17.4 Å². The van der Waals surface area contributed by atoms with Crippen molar-refractivity contribution in [2.45, 2.75) is 31.1 Å². The van der Waals surface area contributed by atoms with Gasteiger partial charge >= 0.3 is 5.69 Å². The van der Waals surface area contributed by atoms with E-state index in [0.717, 1.165) is 6.42 Å². The summed E-state index contributed by atoms with van der Waals surface area (Å²) in [6.07, 6.45) is 0.174. The normalized spacial score (nSPS) is 13.0. The minimum Gasteiger partial charge on any atom is -0.391 e. The first-order valence-corrected chi connectivity index (χ1v) is 8.08. The number of nitrogens with zero attached hydrogens (tertiary/aromatic N) is 3. The van der Waals surface area contributed by atoms with Gasteiger partial charge in [-0.15, -0.1) is 11.6 Å². The summed E-state index contributed by atoms with van der Waals surface area (Å²) in [7, 11) is 1.56. The zero-order chi connectivity index (χ0) is 15.6. The van der Waals surface area contributed by atoms with Crippen molar-refractivity contribution in [1.29, 1.82) is 0 Å². The molecule has 0 radical (unpaired) electrons. The quantitative estimate of drug-likeness (QED) is 0.594. The number of H-pyrrole nitrogens is 1. The van der Waals surface area contributed by atoms with E-state index >= 15 is 0 Å². The van der Waals surface area contributed by atoms with Crippen molar-refractivity contribution in [2.24, 2.45) is 7.05 Å². The molecule has 2 aromatic heterocycles. The molecule has 2 N–H and O–H groups in total. The van der Waals surface area contributed by atoms with Crippen LogP contribution in [0.4, 0.5) is 0 Å². The van der Waals surface area contributed by atoms with Gasteiger partial charge in [-0.25, -0.2) is 9.78 Å². The number of imidazole rings is 1. The van der Waals surface area contributed by atoms with Crippen LogP contribution in [0.2, 0.25) is 0 Å². The minimum absolute atomic E-state index is 0.139. The van der Waals surface area contributed by atoms with Crippen LogP contribution >= 0.6 is 23.4 Å². The molecule has 0 fully saturated rings. The van der Waals surface area contributed by atoms with Gasteiger partial charge < -0.3 is 9.67 Å². The number of rotatable bonds is 6. The number of halogens is 1. The van der Waals surface area contributed by atoms with Crippen molar-refractivity contribution in [3.8, 4) is 0 Å². The van der Waals surface area contributed by atoms with Crippen LogP contribution in [0.15, 0.2) is 14.7 Å². The third-order valence-corrected chi connectivity index (χ3v) is 4.48. The lowest BCUT2D eigenvalue weighted by Gasteiger charge is -2.08. The summed E-state index contributed by atoms with van der Waals surface area (Å²) in [6, 6.07) is 0. The van der Waals surface area contributed by atoms with E-state index in [0.29, 0.717) is 28.6 Å². The molecule has 0 aliphatic heterocycles. The van der Waals surface area contributed by atoms with Gasteiger partial charge in [0, 0.05) is 25.2 Å². The summed E-state index contributed by atoms with van der Waals surface area (Å²) in [5, 5.41) is 10.2. The summed E-state index contributed by atoms with van der Waals surface area (Å²) < 4.78 is 3.09. The van der Waals surface area contributed by atoms with Gasteiger partial charge in [0.25, 0.3) is 5.56 Å². The molecule has 9 heteroatoms. The topological polar surface area (TPSA) is 92.9 Å². The highest BCUT2D eigenvalue weighted by atomic mass is 35.5. The smallest absolute Gasteiger partial charge is 0.329 e. The lowest BCUT2D eigenvalue weighted by atomic mass is 10.4. The summed E-state index contributed by atoms with van der Waals surface area (Å²) in [5.41, 5.74) is -0.216. The molecule has 2 aromatic rings. The van der Waals surface area contributed by atoms with E-state index in [9.17, 15) is 14.7 Å². The first-order chi connectivity index (χ1) is 9.99. The van der Waals surface area contributed by atoms with E-state index in [-0.39, 0.29) is 5.88 Å². The molecule has 0 bridgehead atoms. The summed E-state index contributed by atoms with van der Waals surface area (Å²) >= 11 is 6.90. The number of alkyl halides is 1. The number of hydrogen-bond acceptors (Lipinski definition) is 5. The van der Waals surface area contributed by atoms with Gasteiger partial charge in [-0.1, -0.05) is 18.7 Å². The molecular formula is C12H17ClN4O3S. The Labute approximate surface area is 129 Å². The van der Waals surface area contributed by atoms with E-state index in [2.05, 4.69) is 9.97 Å². The van der Waals surface area contributed by atoms with Crippen molar-refractivity contribution in [2.75, 3.05) is 11.6 Å². The molecule has 0 saturated heterocycles. The Morgan fingerprint density at radius 2 is 2.19 bits per heavy atom. The van der Waals surface area contributed by atoms with E-state index in [1.165, 1.54) is 16.3 Å². The van der Waals surface area contributed by atoms with Gasteiger partial charge in [-0.2, -0.15) is 0 Å². The van der Waals surface area contributed by atoms with Gasteiger partial charge in [0.05, 0.1) is 6.10 Å². The van der Waals surface area contributed by atoms with Gasteiger partial charge in [-0.3, -0.25) is 14.3 Å². The average Bonchev–Trinajstić information content (AvgIpc) is 2.82. The summed E-state index contributed by atoms with van der Waals surface area (Å²) in [4.78, 5) is 30.3. The third-order valence-electron chi connectivity index (χ3n) is 3.00. The molecule has 0 aliphatic rings. The van der Waals surface area contributed by atoms with E-state index in [1.54, 1.807) is 11.6 Å². The van der Waals surface area contributed by atoms with Gasteiger partial charge in [0.2, 0.25) is 0 Å². The van der Waals surface area contributed by atoms with Crippen molar-refractivity contribution in [3.63, 3.8) is 0 Å². The maximum Gasteiger partial charge on any atom is 0.329 e. The molecule has 2 rings (SSSR count). The molecule has 0 aliphatic carbocycles. The maximum absolute atomic E-state index is 12.0. The molecule has 0 spiro atoms. The molecule has 0 saturated carbocycles. The number of aliphatic hydroxyl groups excluding tert-OH is 1. The monoisotopic (exact) mass is 332 g/mol. The zero-order valence-electron chi connectivity index (χ0n) is 11.8. The molecule has 116 valence electrons. The molecule has 1 atom stereocenters. The van der Waals surface area contributed by atoms with Crippen molar-refractivity contribution >= 4 is 34.5 Å². The van der Waals surface area contributed by atoms with Crippen LogP contribution < -0.4 is 11.2 Å². The standard InChI is InChI=1S/C12H17ClN4O3S/c1-3-4-17-8-9(16(2)11(20)15-10(8)19)14-12(17)21-6-7(18)5-13/h7,18H,3-6H2,1-2H3,(H,15,19,20). The Balaban J connectivity index is 2.57. The highest BCUT2D eigenvalue weighted by Gasteiger charge is 2.17. The van der Waals surface area contributed by atoms with E-state index in [1.807, 2.05) is 6.92 Å². The van der Waals surface area contributed by atoms with Crippen LogP contribution in [-0.4, -0.2) is 41.9 Å². The van der Waals surface area contributed by atoms with Crippen LogP contribution in [-0.2, 0) is 13.6 Å². The van der Waals surface area contributed by atoms with Crippen LogP contribution in [0.5, 0.6) is 0 Å². The molecule has 21 heavy (non-hydrogen) atoms. The van der Waals surface area contributed by atoms with Gasteiger partial charge in [0.15, 0.2) is 16.3 Å². The average molecular weight is 333 g/mol. The van der Waals surface area contributed by atoms with Crippen molar-refractivity contribution in [3.05, 3.63) is 20.8 Å². The second-order valence-corrected chi connectivity index (χ2v) is 5.95. The Hall–Kier alpha value is -1.25. The van der Waals surface area contributed by atoms with Gasteiger partial charge in [0.1, 0.15) is 0 Å². The molecule has 1 unspecified atom stereocenters. The number of fused-ring (bicyclic) bond motifs is 1. The lowest BCUT2D eigenvalue weighted by molar-refractivity contribution is 0.223. The van der Waals surface area contributed by atoms with Crippen LogP contribution in [0, 0.1) is 0 Å². The van der Waals surface area contributed by atoms with Crippen molar-refractivity contribution < 1.29 is 5.11 Å². The largest absolute Gasteiger partial charge is 0.391 e. The Morgan fingerprint density at radius 3 is 2.81 bits per heavy atom. The number of hydrogen-bond donors (Lipinski definition) is 2. The fourth-order valence-corrected chi connectivity index (χ4v) is 3.16. The molecule has 7 nitrogen and oxygen atoms in total. The van der Waals surface area contributed by atoms with Crippen LogP contribution in [0.3, 0.4) is 0 Å². The number of aryl methyl sites for hydroxylation is 2. The molecule has 0 aromatic carbocycles. The SMILES string of the molecule is CCCn1c(SCC(O)CCl)nc2c1c(=O)[nH]c(=O)n2C. The van der Waals surface area contributed by atoms with Crippen molar-refractivity contribution in [1.82, 2.24) is 19.1 Å². The predicted octanol–water partition coefficient (Wildman–Crippen LogP) is 0.525. The fraction of sp³-hybridized carbons (Fsp3) is 0.583. The number of aromatic nitrogens is 4. The first kappa shape index (κ1) is 16.1. The number of thioether (sulfide) groups is 1. The Kier molecular flexibility index (Phi) is 5.13. The van der Waals surface area contributed by atoms with Crippen LogP contribution in [0.25, 0.3) is 11.2 Å². The first-order valence-electron chi connectivity index (χ1n) is 6.56. The second-order valence-electron chi connectivity index (χ2n) is 4.66. The second kappa shape index (κ2) is 6.67. The highest BCUT2D eigenvalue weighted by molar-refractivity contribution is 7.99. The van der Waals surface area contributed by atoms with E-state index in [4.69, 9.17) is 11.6 Å². The molecule has 0 amide bonds.